The molecular weight excluding hydrogens is 460 g/mol. The Kier molecular flexibility index (Phi) is 18.2. The Labute approximate surface area is 178 Å². The summed E-state index contributed by atoms with van der Waals surface area (Å²) in [5.41, 5.74) is 5.66. The van der Waals surface area contributed by atoms with Gasteiger partial charge in [0.05, 0.1) is 26.2 Å². The van der Waals surface area contributed by atoms with E-state index in [2.05, 4.69) is 10.1 Å². The van der Waals surface area contributed by atoms with Crippen LogP contribution in [-0.2, 0) is 28.7 Å². The number of methoxy groups -OCH3 is 1. The average Bonchev–Trinajstić information content (AvgIpc) is 2.63. The van der Waals surface area contributed by atoms with Gasteiger partial charge in [-0.2, -0.15) is 0 Å². The van der Waals surface area contributed by atoms with Gasteiger partial charge in [0.25, 0.3) is 0 Å². The lowest BCUT2D eigenvalue weighted by molar-refractivity contribution is -0.145. The number of ketones is 1. The Hall–Kier alpha value is -0.780. The summed E-state index contributed by atoms with van der Waals surface area (Å²) in [4.78, 5) is 47.0. The molecule has 11 heteroatoms. The molecule has 0 spiro atoms. The Balaban J connectivity index is 0. The number of nitrogens with two attached hydrogens (primary N) is 1. The second-order valence-electron chi connectivity index (χ2n) is 5.25. The van der Waals surface area contributed by atoms with Crippen molar-refractivity contribution >= 4 is 45.2 Å². The number of carbonyl (C=O) groups excluding carboxylic acids is 4. The third-order valence-corrected chi connectivity index (χ3v) is 5.72. The quantitative estimate of drug-likeness (QED) is 0.163. The second kappa shape index (κ2) is 17.3. The number of amides is 1. The highest BCUT2D eigenvalue weighted by Crippen LogP contribution is 2.22. The Morgan fingerprint density at radius 2 is 1.74 bits per heavy atom. The summed E-state index contributed by atoms with van der Waals surface area (Å²) in [5.74, 6) is -0.365. The fourth-order valence-corrected chi connectivity index (χ4v) is 3.70. The topological polar surface area (TPSA) is 125 Å². The summed E-state index contributed by atoms with van der Waals surface area (Å²) in [5, 5.41) is 2.66. The van der Waals surface area contributed by atoms with Crippen LogP contribution in [-0.4, -0.2) is 60.9 Å². The van der Waals surface area contributed by atoms with E-state index in [9.17, 15) is 19.2 Å². The highest BCUT2D eigenvalue weighted by Gasteiger charge is 2.23. The minimum atomic E-state index is -0.876. The van der Waals surface area contributed by atoms with Crippen molar-refractivity contribution in [3.63, 3.8) is 0 Å². The Morgan fingerprint density at radius 3 is 2.30 bits per heavy atom. The molecule has 3 N–H and O–H groups in total. The van der Waals surface area contributed by atoms with Crippen LogP contribution in [0.25, 0.3) is 0 Å². The second-order valence-corrected chi connectivity index (χ2v) is 8.05. The van der Waals surface area contributed by atoms with Crippen LogP contribution >= 0.6 is 21.6 Å². The fourth-order valence-electron chi connectivity index (χ4n) is 1.84. The minimum absolute atomic E-state index is 0. The molecule has 0 aliphatic rings. The van der Waals surface area contributed by atoms with Crippen LogP contribution in [0.5, 0.6) is 0 Å². The number of rotatable bonds is 14. The van der Waals surface area contributed by atoms with Crippen molar-refractivity contribution in [2.24, 2.45) is 5.73 Å². The van der Waals surface area contributed by atoms with E-state index in [-0.39, 0.29) is 61.0 Å². The maximum absolute atomic E-state index is 12.3. The van der Waals surface area contributed by atoms with Gasteiger partial charge in [-0.1, -0.05) is 28.5 Å². The number of nitrogens with one attached hydrogen (secondary N) is 1. The summed E-state index contributed by atoms with van der Waals surface area (Å²) >= 11 is 0. The van der Waals surface area contributed by atoms with E-state index in [1.807, 2.05) is 6.92 Å². The number of halogens is 1. The van der Waals surface area contributed by atoms with Gasteiger partial charge in [-0.05, 0) is 13.3 Å². The molecule has 0 aliphatic carbocycles. The Morgan fingerprint density at radius 1 is 1.07 bits per heavy atom. The van der Waals surface area contributed by atoms with Gasteiger partial charge in [-0.3, -0.25) is 19.2 Å². The molecular formula is C16H28BrN2O6S2-. The number of hydrogen-bond donors (Lipinski definition) is 2. The molecule has 1 amide bonds. The zero-order chi connectivity index (χ0) is 19.9. The van der Waals surface area contributed by atoms with E-state index in [1.54, 1.807) is 17.7 Å². The first-order chi connectivity index (χ1) is 12.3. The standard InChI is InChI=1S/C16H28N2O6S2.BrH/c1-4-24-16(22)11(17)6-8-14(20)18-12(10-26-25-5-2)13(19)7-9-15(21)23-3;/h11-12H,4-10,17H2,1-3H3,(H,18,20);1H/p-1/t11-,12-;/m0./s1. The van der Waals surface area contributed by atoms with E-state index in [0.717, 1.165) is 5.75 Å². The van der Waals surface area contributed by atoms with Gasteiger partial charge in [0.15, 0.2) is 5.78 Å². The highest BCUT2D eigenvalue weighted by atomic mass is 79.9. The van der Waals surface area contributed by atoms with Crippen molar-refractivity contribution in [2.45, 2.75) is 51.6 Å². The molecule has 0 aromatic rings. The molecule has 8 nitrogen and oxygen atoms in total. The first-order valence-corrected chi connectivity index (χ1v) is 10.9. The van der Waals surface area contributed by atoms with Crippen LogP contribution in [0, 0.1) is 0 Å². The molecule has 0 aromatic heterocycles. The summed E-state index contributed by atoms with van der Waals surface area (Å²) in [7, 11) is 4.31. The lowest BCUT2D eigenvalue weighted by atomic mass is 10.1. The molecule has 0 saturated carbocycles. The molecule has 0 unspecified atom stereocenters. The van der Waals surface area contributed by atoms with E-state index >= 15 is 0 Å². The molecule has 0 heterocycles. The number of hydrogen-bond acceptors (Lipinski definition) is 9. The van der Waals surface area contributed by atoms with Gasteiger partial charge in [0.2, 0.25) is 5.91 Å². The van der Waals surface area contributed by atoms with Crippen LogP contribution in [0.3, 0.4) is 0 Å². The van der Waals surface area contributed by atoms with E-state index in [1.165, 1.54) is 17.9 Å². The van der Waals surface area contributed by atoms with Gasteiger partial charge >= 0.3 is 11.9 Å². The largest absolute Gasteiger partial charge is 1.00 e. The molecule has 0 aromatic carbocycles. The van der Waals surface area contributed by atoms with Gasteiger partial charge in [-0.15, -0.1) is 0 Å². The summed E-state index contributed by atoms with van der Waals surface area (Å²) in [6.45, 7) is 3.89. The average molecular weight is 488 g/mol. The third kappa shape index (κ3) is 14.0. The Bertz CT molecular complexity index is 482. The zero-order valence-electron chi connectivity index (χ0n) is 15.8. The summed E-state index contributed by atoms with van der Waals surface area (Å²) in [6, 6.07) is -1.57. The van der Waals surface area contributed by atoms with Crippen molar-refractivity contribution < 1.29 is 45.6 Å². The fraction of sp³-hybridized carbons (Fsp3) is 0.750. The molecule has 0 aliphatic heterocycles. The third-order valence-electron chi connectivity index (χ3n) is 3.23. The van der Waals surface area contributed by atoms with Gasteiger partial charge < -0.3 is 37.5 Å². The maximum atomic E-state index is 12.3. The van der Waals surface area contributed by atoms with Crippen molar-refractivity contribution in [1.29, 1.82) is 0 Å². The minimum Gasteiger partial charge on any atom is -1.00 e. The number of Topliss-reactive ketones (excluding diaryl/α,β-unsaturated/α-hetero) is 1. The molecule has 0 saturated heterocycles. The van der Waals surface area contributed by atoms with Crippen LogP contribution in [0.1, 0.15) is 39.5 Å². The van der Waals surface area contributed by atoms with Crippen LogP contribution in [0.15, 0.2) is 0 Å². The molecule has 0 radical (unpaired) electrons. The van der Waals surface area contributed by atoms with Gasteiger partial charge in [-0.25, -0.2) is 0 Å². The predicted molar refractivity (Wildman–Crippen MR) is 103 cm³/mol. The van der Waals surface area contributed by atoms with Crippen molar-refractivity contribution in [3.8, 4) is 0 Å². The normalized spacial score (nSPS) is 12.3. The zero-order valence-corrected chi connectivity index (χ0v) is 19.0. The van der Waals surface area contributed by atoms with Crippen LogP contribution in [0.2, 0.25) is 0 Å². The molecule has 0 fully saturated rings. The SMILES string of the molecule is CCOC(=O)[C@@H](N)CCC(=O)N[C@@H](CSSCC)C(=O)CCC(=O)OC.[Br-]. The van der Waals surface area contributed by atoms with Crippen LogP contribution < -0.4 is 28.0 Å². The monoisotopic (exact) mass is 487 g/mol. The smallest absolute Gasteiger partial charge is 0.322 e. The first-order valence-electron chi connectivity index (χ1n) is 8.41. The molecule has 0 bridgehead atoms. The predicted octanol–water partition coefficient (Wildman–Crippen LogP) is -1.93. The van der Waals surface area contributed by atoms with Gasteiger partial charge in [0, 0.05) is 24.3 Å². The molecule has 158 valence electrons. The van der Waals surface area contributed by atoms with E-state index in [4.69, 9.17) is 10.5 Å². The highest BCUT2D eigenvalue weighted by molar-refractivity contribution is 8.76. The number of carbonyl (C=O) groups is 4. The van der Waals surface area contributed by atoms with Crippen molar-refractivity contribution in [1.82, 2.24) is 5.32 Å². The lowest BCUT2D eigenvalue weighted by Crippen LogP contribution is -3.00. The number of esters is 2. The van der Waals surface area contributed by atoms with Gasteiger partial charge in [0.1, 0.15) is 6.04 Å². The molecule has 2 atom stereocenters. The lowest BCUT2D eigenvalue weighted by Gasteiger charge is -2.17. The summed E-state index contributed by atoms with van der Waals surface area (Å²) < 4.78 is 9.31. The first kappa shape index (κ1) is 28.4. The van der Waals surface area contributed by atoms with Crippen molar-refractivity contribution in [3.05, 3.63) is 0 Å². The number of ether oxygens (including phenoxy) is 2. The molecule has 27 heavy (non-hydrogen) atoms. The van der Waals surface area contributed by atoms with E-state index in [0.29, 0.717) is 5.75 Å². The van der Waals surface area contributed by atoms with Crippen molar-refractivity contribution in [2.75, 3.05) is 25.2 Å². The summed E-state index contributed by atoms with van der Waals surface area (Å²) in [6.07, 6.45) is 0.106. The van der Waals surface area contributed by atoms with E-state index < -0.39 is 24.0 Å². The maximum Gasteiger partial charge on any atom is 0.322 e. The molecule has 0 rings (SSSR count). The van der Waals surface area contributed by atoms with Crippen LogP contribution in [0.4, 0.5) is 0 Å².